The first-order valence-corrected chi connectivity index (χ1v) is 10.9. The molecule has 1 N–H and O–H groups in total. The molecule has 4 rings (SSSR count). The highest BCUT2D eigenvalue weighted by Gasteiger charge is 2.33. The lowest BCUT2D eigenvalue weighted by molar-refractivity contribution is -0.160. The number of aliphatic carboxylic acids is 1. The SMILES string of the molecule is Cc1nc2ccccc2c(-c2ccc3c(c2C)N(C)CCO3)c1[C@H](OC(C)(C)C)C(=O)O. The summed E-state index contributed by atoms with van der Waals surface area (Å²) in [4.78, 5) is 19.4. The quantitative estimate of drug-likeness (QED) is 0.602. The molecule has 2 heterocycles. The van der Waals surface area contributed by atoms with Crippen LogP contribution in [0, 0.1) is 13.8 Å². The van der Waals surface area contributed by atoms with Gasteiger partial charge in [0, 0.05) is 23.7 Å². The van der Waals surface area contributed by atoms with Crippen molar-refractivity contribution >= 4 is 22.6 Å². The predicted octanol–water partition coefficient (Wildman–Crippen LogP) is 5.29. The molecular formula is C26H30N2O4. The fourth-order valence-corrected chi connectivity index (χ4v) is 4.49. The number of carbonyl (C=O) groups is 1. The summed E-state index contributed by atoms with van der Waals surface area (Å²) < 4.78 is 12.0. The maximum atomic E-state index is 12.4. The minimum absolute atomic E-state index is 0.591. The van der Waals surface area contributed by atoms with E-state index in [1.165, 1.54) is 0 Å². The number of anilines is 1. The van der Waals surface area contributed by atoms with Crippen LogP contribution in [0.15, 0.2) is 36.4 Å². The number of fused-ring (bicyclic) bond motifs is 2. The summed E-state index contributed by atoms with van der Waals surface area (Å²) in [5.74, 6) is -0.185. The summed E-state index contributed by atoms with van der Waals surface area (Å²) in [6, 6.07) is 11.8. The van der Waals surface area contributed by atoms with Crippen molar-refractivity contribution in [3.63, 3.8) is 0 Å². The topological polar surface area (TPSA) is 71.9 Å². The normalized spacial score (nSPS) is 14.8. The van der Waals surface area contributed by atoms with Crippen molar-refractivity contribution < 1.29 is 19.4 Å². The third kappa shape index (κ3) is 3.91. The molecule has 168 valence electrons. The van der Waals surface area contributed by atoms with E-state index >= 15 is 0 Å². The van der Waals surface area contributed by atoms with Gasteiger partial charge in [0.15, 0.2) is 6.10 Å². The monoisotopic (exact) mass is 434 g/mol. The Bertz CT molecular complexity index is 1200. The largest absolute Gasteiger partial charge is 0.490 e. The smallest absolute Gasteiger partial charge is 0.337 e. The van der Waals surface area contributed by atoms with Crippen molar-refractivity contribution in [2.24, 2.45) is 0 Å². The molecule has 0 spiro atoms. The van der Waals surface area contributed by atoms with E-state index in [0.717, 1.165) is 45.6 Å². The van der Waals surface area contributed by atoms with E-state index in [1.807, 2.05) is 64.1 Å². The molecule has 1 aliphatic heterocycles. The molecule has 0 fully saturated rings. The number of para-hydroxylation sites is 1. The van der Waals surface area contributed by atoms with Gasteiger partial charge in [-0.3, -0.25) is 4.98 Å². The fourth-order valence-electron chi connectivity index (χ4n) is 4.49. The zero-order valence-electron chi connectivity index (χ0n) is 19.5. The van der Waals surface area contributed by atoms with Gasteiger partial charge in [-0.15, -0.1) is 0 Å². The lowest BCUT2D eigenvalue weighted by Crippen LogP contribution is -2.30. The molecule has 1 aliphatic rings. The first-order chi connectivity index (χ1) is 15.1. The maximum Gasteiger partial charge on any atom is 0.337 e. The second-order valence-electron chi connectivity index (χ2n) is 9.31. The number of likely N-dealkylation sites (N-methyl/N-ethyl adjacent to an activating group) is 1. The second-order valence-corrected chi connectivity index (χ2v) is 9.31. The summed E-state index contributed by atoms with van der Waals surface area (Å²) in [5, 5.41) is 11.1. The summed E-state index contributed by atoms with van der Waals surface area (Å²) in [6.45, 7) is 11.0. The number of rotatable bonds is 4. The number of benzene rings is 2. The minimum atomic E-state index is -1.15. The van der Waals surface area contributed by atoms with Crippen molar-refractivity contribution in [1.82, 2.24) is 4.98 Å². The third-order valence-corrected chi connectivity index (χ3v) is 5.81. The highest BCUT2D eigenvalue weighted by Crippen LogP contribution is 2.45. The van der Waals surface area contributed by atoms with Gasteiger partial charge in [0.05, 0.1) is 23.3 Å². The highest BCUT2D eigenvalue weighted by atomic mass is 16.5. The third-order valence-electron chi connectivity index (χ3n) is 5.81. The van der Waals surface area contributed by atoms with Gasteiger partial charge < -0.3 is 19.5 Å². The molecule has 0 bridgehead atoms. The molecule has 0 aliphatic carbocycles. The average molecular weight is 435 g/mol. The van der Waals surface area contributed by atoms with Crippen LogP contribution in [0.3, 0.4) is 0 Å². The van der Waals surface area contributed by atoms with Gasteiger partial charge in [0.25, 0.3) is 0 Å². The number of ether oxygens (including phenoxy) is 2. The van der Waals surface area contributed by atoms with Crippen molar-refractivity contribution in [3.05, 3.63) is 53.2 Å². The Balaban J connectivity index is 2.08. The molecular weight excluding hydrogens is 404 g/mol. The van der Waals surface area contributed by atoms with E-state index < -0.39 is 17.7 Å². The molecule has 1 atom stereocenters. The lowest BCUT2D eigenvalue weighted by atomic mass is 9.88. The fraction of sp³-hybridized carbons (Fsp3) is 0.385. The van der Waals surface area contributed by atoms with Crippen LogP contribution in [-0.4, -0.2) is 41.9 Å². The molecule has 3 aromatic rings. The molecule has 1 aromatic heterocycles. The molecule has 0 unspecified atom stereocenters. The van der Waals surface area contributed by atoms with Crippen LogP contribution >= 0.6 is 0 Å². The number of hydrogen-bond acceptors (Lipinski definition) is 5. The van der Waals surface area contributed by atoms with E-state index in [4.69, 9.17) is 14.5 Å². The van der Waals surface area contributed by atoms with E-state index in [0.29, 0.717) is 17.9 Å². The maximum absolute atomic E-state index is 12.4. The lowest BCUT2D eigenvalue weighted by Gasteiger charge is -2.32. The Morgan fingerprint density at radius 1 is 1.19 bits per heavy atom. The van der Waals surface area contributed by atoms with E-state index in [1.54, 1.807) is 0 Å². The van der Waals surface area contributed by atoms with Crippen LogP contribution < -0.4 is 9.64 Å². The number of hydrogen-bond donors (Lipinski definition) is 1. The Kier molecular flexibility index (Phi) is 5.59. The summed E-state index contributed by atoms with van der Waals surface area (Å²) in [7, 11) is 2.05. The summed E-state index contributed by atoms with van der Waals surface area (Å²) in [6.07, 6.45) is -1.15. The average Bonchev–Trinajstić information content (AvgIpc) is 2.71. The number of aryl methyl sites for hydroxylation is 1. The number of nitrogens with zero attached hydrogens (tertiary/aromatic N) is 2. The van der Waals surface area contributed by atoms with E-state index in [9.17, 15) is 9.90 Å². The van der Waals surface area contributed by atoms with Crippen LogP contribution in [-0.2, 0) is 9.53 Å². The van der Waals surface area contributed by atoms with Gasteiger partial charge in [-0.05, 0) is 63.4 Å². The van der Waals surface area contributed by atoms with Crippen molar-refractivity contribution in [2.45, 2.75) is 46.3 Å². The predicted molar refractivity (Wildman–Crippen MR) is 127 cm³/mol. The number of carboxylic acids is 1. The molecule has 0 saturated carbocycles. The first kappa shape index (κ1) is 22.1. The van der Waals surface area contributed by atoms with Crippen molar-refractivity contribution in [1.29, 1.82) is 0 Å². The van der Waals surface area contributed by atoms with Gasteiger partial charge >= 0.3 is 5.97 Å². The molecule has 6 heteroatoms. The van der Waals surface area contributed by atoms with Crippen LogP contribution in [0.5, 0.6) is 5.75 Å². The molecule has 32 heavy (non-hydrogen) atoms. The zero-order chi connectivity index (χ0) is 23.2. The molecule has 6 nitrogen and oxygen atoms in total. The molecule has 0 radical (unpaired) electrons. The van der Waals surface area contributed by atoms with E-state index in [2.05, 4.69) is 18.9 Å². The number of carboxylic acid groups (broad SMARTS) is 1. The summed E-state index contributed by atoms with van der Waals surface area (Å²) >= 11 is 0. The summed E-state index contributed by atoms with van der Waals surface area (Å²) in [5.41, 5.74) is 5.31. The van der Waals surface area contributed by atoms with Crippen molar-refractivity contribution in [3.8, 4) is 16.9 Å². The van der Waals surface area contributed by atoms with Gasteiger partial charge in [0.2, 0.25) is 0 Å². The molecule has 2 aromatic carbocycles. The van der Waals surface area contributed by atoms with Gasteiger partial charge in [-0.25, -0.2) is 4.79 Å². The van der Waals surface area contributed by atoms with Crippen LogP contribution in [0.2, 0.25) is 0 Å². The number of aromatic nitrogens is 1. The number of pyridine rings is 1. The molecule has 0 saturated heterocycles. The van der Waals surface area contributed by atoms with Gasteiger partial charge in [0.1, 0.15) is 12.4 Å². The van der Waals surface area contributed by atoms with Crippen LogP contribution in [0.4, 0.5) is 5.69 Å². The van der Waals surface area contributed by atoms with Crippen molar-refractivity contribution in [2.75, 3.05) is 25.1 Å². The minimum Gasteiger partial charge on any atom is -0.490 e. The Labute approximate surface area is 188 Å². The van der Waals surface area contributed by atoms with Gasteiger partial charge in [-0.1, -0.05) is 24.3 Å². The second kappa shape index (κ2) is 8.10. The standard InChI is InChI=1S/C26H30N2O4/c1-15-17(11-12-20-23(15)28(6)13-14-31-20)22-18-9-7-8-10-19(18)27-16(2)21(22)24(25(29)30)32-26(3,4)5/h7-12,24H,13-14H2,1-6H3,(H,29,30)/t24-/m0/s1. The van der Waals surface area contributed by atoms with Crippen LogP contribution in [0.25, 0.3) is 22.0 Å². The highest BCUT2D eigenvalue weighted by molar-refractivity contribution is 6.00. The Hall–Kier alpha value is -3.12. The molecule has 0 amide bonds. The Morgan fingerprint density at radius 2 is 1.91 bits per heavy atom. The van der Waals surface area contributed by atoms with E-state index in [-0.39, 0.29) is 0 Å². The first-order valence-electron chi connectivity index (χ1n) is 10.9. The van der Waals surface area contributed by atoms with Gasteiger partial charge in [-0.2, -0.15) is 0 Å². The van der Waals surface area contributed by atoms with Crippen LogP contribution in [0.1, 0.15) is 43.7 Å². The Morgan fingerprint density at radius 3 is 2.59 bits per heavy atom. The zero-order valence-corrected chi connectivity index (χ0v) is 19.5.